The van der Waals surface area contributed by atoms with Crippen LogP contribution in [0.15, 0.2) is 0 Å². The van der Waals surface area contributed by atoms with Gasteiger partial charge < -0.3 is 33.8 Å². The topological polar surface area (TPSA) is 237 Å². The number of hydrogen-bond acceptors (Lipinski definition) is 15. The van der Waals surface area contributed by atoms with Crippen LogP contribution in [-0.2, 0) is 65.4 Å². The lowest BCUT2D eigenvalue weighted by atomic mass is 9.99. The van der Waals surface area contributed by atoms with Crippen molar-refractivity contribution >= 4 is 39.5 Å². The van der Waals surface area contributed by atoms with E-state index >= 15 is 0 Å². The Morgan fingerprint density at radius 2 is 0.472 bits per heavy atom. The summed E-state index contributed by atoms with van der Waals surface area (Å²) in [6, 6.07) is 0. The van der Waals surface area contributed by atoms with Gasteiger partial charge in [-0.15, -0.1) is 0 Å². The molecule has 6 atom stereocenters. The number of hydrogen-bond donors (Lipinski definition) is 3. The largest absolute Gasteiger partial charge is 0.472 e. The van der Waals surface area contributed by atoms with Gasteiger partial charge in [-0.25, -0.2) is 9.13 Å². The summed E-state index contributed by atoms with van der Waals surface area (Å²) in [6.45, 7) is 9.72. The van der Waals surface area contributed by atoms with E-state index in [4.69, 9.17) is 37.0 Å². The van der Waals surface area contributed by atoms with Crippen molar-refractivity contribution in [1.82, 2.24) is 0 Å². The van der Waals surface area contributed by atoms with Gasteiger partial charge in [0.25, 0.3) is 0 Å². The first-order chi connectivity index (χ1) is 52.4. The van der Waals surface area contributed by atoms with Crippen molar-refractivity contribution in [3.8, 4) is 0 Å². The number of carbonyl (C=O) groups excluding carboxylic acids is 4. The summed E-state index contributed by atoms with van der Waals surface area (Å²) in [5.41, 5.74) is 0. The monoisotopic (exact) mass is 1580 g/mol. The zero-order valence-corrected chi connectivity index (χ0v) is 73.0. The molecule has 0 amide bonds. The molecule has 19 heteroatoms. The van der Waals surface area contributed by atoms with E-state index < -0.39 is 97.5 Å². The van der Waals surface area contributed by atoms with Crippen molar-refractivity contribution in [3.05, 3.63) is 0 Å². The molecule has 0 rings (SSSR count). The third-order valence-electron chi connectivity index (χ3n) is 21.3. The Kier molecular flexibility index (Phi) is 78.8. The highest BCUT2D eigenvalue weighted by molar-refractivity contribution is 7.47. The molecular weight excluding hydrogens is 1400 g/mol. The second kappa shape index (κ2) is 80.3. The number of carbonyl (C=O) groups is 4. The second-order valence-corrected chi connectivity index (χ2v) is 35.6. The van der Waals surface area contributed by atoms with Crippen molar-refractivity contribution in [2.75, 3.05) is 39.6 Å². The first-order valence-corrected chi connectivity index (χ1v) is 49.0. The van der Waals surface area contributed by atoms with Crippen LogP contribution in [0.5, 0.6) is 0 Å². The average molecular weight is 1580 g/mol. The quantitative estimate of drug-likeness (QED) is 0.0222. The predicted molar refractivity (Wildman–Crippen MR) is 446 cm³/mol. The number of aliphatic hydroxyl groups excluding tert-OH is 1. The highest BCUT2D eigenvalue weighted by atomic mass is 31.2. The minimum Gasteiger partial charge on any atom is -0.462 e. The molecule has 3 N–H and O–H groups in total. The molecule has 0 aromatic carbocycles. The molecule has 108 heavy (non-hydrogen) atoms. The van der Waals surface area contributed by atoms with Crippen LogP contribution in [0.1, 0.15) is 478 Å². The Bertz CT molecular complexity index is 2070. The molecule has 0 saturated heterocycles. The van der Waals surface area contributed by atoms with Crippen molar-refractivity contribution in [2.24, 2.45) is 11.8 Å². The smallest absolute Gasteiger partial charge is 0.462 e. The summed E-state index contributed by atoms with van der Waals surface area (Å²) >= 11 is 0. The molecule has 0 heterocycles. The molecule has 0 fully saturated rings. The minimum absolute atomic E-state index is 0.108. The Balaban J connectivity index is 5.25. The van der Waals surface area contributed by atoms with Gasteiger partial charge in [-0.3, -0.25) is 37.3 Å². The van der Waals surface area contributed by atoms with Gasteiger partial charge >= 0.3 is 39.5 Å². The Labute approximate surface area is 664 Å². The lowest BCUT2D eigenvalue weighted by Crippen LogP contribution is -2.30. The van der Waals surface area contributed by atoms with Crippen LogP contribution in [0.2, 0.25) is 0 Å². The van der Waals surface area contributed by atoms with Gasteiger partial charge in [0.05, 0.1) is 26.4 Å². The lowest BCUT2D eigenvalue weighted by Gasteiger charge is -2.21. The van der Waals surface area contributed by atoms with E-state index in [-0.39, 0.29) is 25.7 Å². The molecule has 0 saturated carbocycles. The number of phosphoric acid groups is 2. The number of esters is 4. The summed E-state index contributed by atoms with van der Waals surface area (Å²) in [5.74, 6) is -0.522. The van der Waals surface area contributed by atoms with Crippen LogP contribution in [0.4, 0.5) is 0 Å². The number of rotatable bonds is 88. The Morgan fingerprint density at radius 3 is 0.704 bits per heavy atom. The SMILES string of the molecule is CCCCCCCCCCCCCCCCCCCCCCCCC(=O)O[C@H](COC(=O)CCCCCCCCCCCCCCCCC(C)C)COP(=O)(O)OC[C@@H](O)COP(=O)(O)OC[C@@H](COC(=O)CCCCCCCCCCC(C)CC)OC(=O)CCCCCCCCCCCCCCCCCCC. The normalized spacial score (nSPS) is 14.0. The van der Waals surface area contributed by atoms with Gasteiger partial charge in [0.2, 0.25) is 0 Å². The fourth-order valence-corrected chi connectivity index (χ4v) is 15.5. The molecule has 3 unspecified atom stereocenters. The van der Waals surface area contributed by atoms with E-state index in [1.165, 1.54) is 295 Å². The van der Waals surface area contributed by atoms with Gasteiger partial charge in [0.1, 0.15) is 19.3 Å². The predicted octanol–water partition coefficient (Wildman–Crippen LogP) is 27.4. The summed E-state index contributed by atoms with van der Waals surface area (Å²) in [7, 11) is -9.93. The molecule has 0 bridgehead atoms. The average Bonchev–Trinajstić information content (AvgIpc) is 0.899. The highest BCUT2D eigenvalue weighted by Gasteiger charge is 2.31. The summed E-state index contributed by atoms with van der Waals surface area (Å²) in [4.78, 5) is 73.4. The number of ether oxygens (including phenoxy) is 4. The second-order valence-electron chi connectivity index (χ2n) is 32.7. The van der Waals surface area contributed by atoms with E-state index in [1.54, 1.807) is 0 Å². The van der Waals surface area contributed by atoms with Crippen LogP contribution >= 0.6 is 15.6 Å². The van der Waals surface area contributed by atoms with E-state index in [1.807, 2.05) is 0 Å². The Hall–Kier alpha value is -1.94. The van der Waals surface area contributed by atoms with Crippen LogP contribution < -0.4 is 0 Å². The molecule has 0 spiro atoms. The molecule has 0 aromatic heterocycles. The highest BCUT2D eigenvalue weighted by Crippen LogP contribution is 2.45. The molecule has 0 aliphatic rings. The van der Waals surface area contributed by atoms with Gasteiger partial charge in [-0.1, -0.05) is 427 Å². The minimum atomic E-state index is -4.97. The van der Waals surface area contributed by atoms with E-state index in [2.05, 4.69) is 41.5 Å². The van der Waals surface area contributed by atoms with Crippen LogP contribution in [0.3, 0.4) is 0 Å². The summed E-state index contributed by atoms with van der Waals surface area (Å²) < 4.78 is 69.0. The van der Waals surface area contributed by atoms with E-state index in [0.29, 0.717) is 25.7 Å². The van der Waals surface area contributed by atoms with Gasteiger partial charge in [-0.2, -0.15) is 0 Å². The lowest BCUT2D eigenvalue weighted by molar-refractivity contribution is -0.161. The van der Waals surface area contributed by atoms with Gasteiger partial charge in [0.15, 0.2) is 12.2 Å². The molecule has 17 nitrogen and oxygen atoms in total. The molecule has 0 aromatic rings. The van der Waals surface area contributed by atoms with Crippen molar-refractivity contribution in [3.63, 3.8) is 0 Å². The number of unbranched alkanes of at least 4 members (excludes halogenated alkanes) is 57. The van der Waals surface area contributed by atoms with Crippen molar-refractivity contribution in [2.45, 2.75) is 496 Å². The Morgan fingerprint density at radius 1 is 0.269 bits per heavy atom. The zero-order chi connectivity index (χ0) is 79.2. The van der Waals surface area contributed by atoms with Gasteiger partial charge in [-0.05, 0) is 37.5 Å². The fourth-order valence-electron chi connectivity index (χ4n) is 13.9. The van der Waals surface area contributed by atoms with Crippen LogP contribution in [0.25, 0.3) is 0 Å². The number of aliphatic hydroxyl groups is 1. The van der Waals surface area contributed by atoms with Crippen LogP contribution in [-0.4, -0.2) is 96.7 Å². The maximum Gasteiger partial charge on any atom is 0.472 e. The molecule has 0 aliphatic carbocycles. The molecular formula is C89H174O17P2. The van der Waals surface area contributed by atoms with Crippen molar-refractivity contribution < 1.29 is 80.2 Å². The number of phosphoric ester groups is 2. The van der Waals surface area contributed by atoms with E-state index in [0.717, 1.165) is 102 Å². The first kappa shape index (κ1) is 106. The van der Waals surface area contributed by atoms with Gasteiger partial charge in [0, 0.05) is 25.7 Å². The summed E-state index contributed by atoms with van der Waals surface area (Å²) in [5, 5.41) is 10.7. The van der Waals surface area contributed by atoms with Crippen LogP contribution in [0, 0.1) is 11.8 Å². The summed E-state index contributed by atoms with van der Waals surface area (Å²) in [6.07, 6.45) is 73.6. The van der Waals surface area contributed by atoms with E-state index in [9.17, 15) is 43.2 Å². The molecule has 642 valence electrons. The third-order valence-corrected chi connectivity index (χ3v) is 23.2. The molecule has 0 radical (unpaired) electrons. The maximum atomic E-state index is 13.2. The maximum absolute atomic E-state index is 13.2. The molecule has 0 aliphatic heterocycles. The zero-order valence-electron chi connectivity index (χ0n) is 71.2. The standard InChI is InChI=1S/C89H174O17P2/c1-7-10-12-14-16-18-20-22-24-26-27-28-29-30-32-34-40-44-48-56-62-68-73-88(93)105-84(77-99-86(91)71-65-59-53-46-42-38-36-35-37-41-45-51-57-63-69-81(4)5)79-103-107(95,96)101-75-83(90)76-102-108(97,98)104-80-85(78-100-87(92)72-66-60-54-50-49-52-58-64-70-82(6)9-3)106-89(94)74-67-61-55-47-43-39-33-31-25-23-21-19-17-15-13-11-8-2/h81-85,90H,7-80H2,1-6H3,(H,95,96)(H,97,98)/t82?,83-,84-,85-/m1/s1. The third kappa shape index (κ3) is 80.7. The van der Waals surface area contributed by atoms with Crippen molar-refractivity contribution in [1.29, 1.82) is 0 Å². The fraction of sp³-hybridized carbons (Fsp3) is 0.955. The first-order valence-electron chi connectivity index (χ1n) is 46.0.